The van der Waals surface area contributed by atoms with Crippen molar-refractivity contribution in [3.8, 4) is 0 Å². The van der Waals surface area contributed by atoms with E-state index >= 15 is 0 Å². The smallest absolute Gasteiger partial charge is 0.239 e. The number of nitrogens with zero attached hydrogens (tertiary/aromatic N) is 2. The zero-order chi connectivity index (χ0) is 15.0. The van der Waals surface area contributed by atoms with Crippen LogP contribution in [0.25, 0.3) is 0 Å². The molecule has 0 spiro atoms. The second-order valence-electron chi connectivity index (χ2n) is 4.36. The number of rotatable bonds is 7. The average Bonchev–Trinajstić information content (AvgIpc) is 2.45. The zero-order valence-corrected chi connectivity index (χ0v) is 11.8. The summed E-state index contributed by atoms with van der Waals surface area (Å²) in [5.74, 6) is 0.110. The minimum absolute atomic E-state index is 0.0550. The first-order valence-electron chi connectivity index (χ1n) is 6.40. The van der Waals surface area contributed by atoms with Crippen molar-refractivity contribution in [2.75, 3.05) is 39.5 Å². The van der Waals surface area contributed by atoms with Gasteiger partial charge in [0.25, 0.3) is 0 Å². The van der Waals surface area contributed by atoms with Crippen molar-refractivity contribution in [2.24, 2.45) is 0 Å². The number of pyridine rings is 1. The van der Waals surface area contributed by atoms with Gasteiger partial charge in [-0.15, -0.1) is 0 Å². The Morgan fingerprint density at radius 1 is 1.35 bits per heavy atom. The van der Waals surface area contributed by atoms with Crippen LogP contribution in [-0.2, 0) is 16.0 Å². The fourth-order valence-corrected chi connectivity index (χ4v) is 1.62. The first-order chi connectivity index (χ1) is 9.56. The zero-order valence-electron chi connectivity index (χ0n) is 11.8. The summed E-state index contributed by atoms with van der Waals surface area (Å²) in [7, 11) is 3.35. The van der Waals surface area contributed by atoms with E-state index in [1.54, 1.807) is 32.4 Å². The Morgan fingerprint density at radius 3 is 2.65 bits per heavy atom. The predicted octanol–water partition coefficient (Wildman–Crippen LogP) is -1.000. The Balaban J connectivity index is 2.66. The molecule has 0 fully saturated rings. The highest BCUT2D eigenvalue weighted by Crippen LogP contribution is 2.04. The Bertz CT molecular complexity index is 447. The van der Waals surface area contributed by atoms with E-state index < -0.39 is 0 Å². The number of amides is 2. The van der Waals surface area contributed by atoms with E-state index in [4.69, 9.17) is 5.73 Å². The molecule has 1 aromatic rings. The quantitative estimate of drug-likeness (QED) is 0.594. The van der Waals surface area contributed by atoms with Gasteiger partial charge < -0.3 is 21.3 Å². The van der Waals surface area contributed by atoms with Gasteiger partial charge in [-0.25, -0.2) is 4.98 Å². The van der Waals surface area contributed by atoms with Crippen molar-refractivity contribution in [3.05, 3.63) is 23.9 Å². The molecule has 0 aliphatic heterocycles. The maximum atomic E-state index is 12.2. The number of hydrogen-bond donors (Lipinski definition) is 3. The Kier molecular flexibility index (Phi) is 6.45. The van der Waals surface area contributed by atoms with Crippen LogP contribution >= 0.6 is 0 Å². The van der Waals surface area contributed by atoms with E-state index in [-0.39, 0.29) is 24.8 Å². The van der Waals surface area contributed by atoms with E-state index in [0.29, 0.717) is 18.9 Å². The fourth-order valence-electron chi connectivity index (χ4n) is 1.62. The highest BCUT2D eigenvalue weighted by molar-refractivity contribution is 5.85. The normalized spacial score (nSPS) is 10.1. The number of likely N-dealkylation sites (N-methyl/N-ethyl adjacent to an activating group) is 2. The number of nitrogens with two attached hydrogens (primary N) is 1. The first-order valence-corrected chi connectivity index (χ1v) is 6.40. The van der Waals surface area contributed by atoms with Gasteiger partial charge in [0.2, 0.25) is 11.8 Å². The lowest BCUT2D eigenvalue weighted by atomic mass is 10.2. The van der Waals surface area contributed by atoms with E-state index in [9.17, 15) is 9.59 Å². The molecule has 1 aromatic heterocycles. The van der Waals surface area contributed by atoms with Crippen LogP contribution in [0.15, 0.2) is 18.3 Å². The summed E-state index contributed by atoms with van der Waals surface area (Å²) < 4.78 is 0. The number of hydrogen-bond acceptors (Lipinski definition) is 5. The van der Waals surface area contributed by atoms with Gasteiger partial charge in [0.1, 0.15) is 5.82 Å². The van der Waals surface area contributed by atoms with E-state index in [1.807, 2.05) is 0 Å². The van der Waals surface area contributed by atoms with Crippen LogP contribution in [0.5, 0.6) is 0 Å². The molecule has 0 aliphatic rings. The monoisotopic (exact) mass is 279 g/mol. The summed E-state index contributed by atoms with van der Waals surface area (Å²) in [4.78, 5) is 29.1. The van der Waals surface area contributed by atoms with Gasteiger partial charge in [-0.05, 0) is 18.7 Å². The largest absolute Gasteiger partial charge is 0.384 e. The maximum Gasteiger partial charge on any atom is 0.239 e. The van der Waals surface area contributed by atoms with Crippen molar-refractivity contribution in [3.63, 3.8) is 0 Å². The minimum atomic E-state index is -0.190. The molecule has 0 radical (unpaired) electrons. The Morgan fingerprint density at radius 2 is 2.10 bits per heavy atom. The molecule has 0 unspecified atom stereocenters. The molecule has 0 aromatic carbocycles. The summed E-state index contributed by atoms with van der Waals surface area (Å²) in [5, 5.41) is 5.48. The summed E-state index contributed by atoms with van der Waals surface area (Å²) in [5.41, 5.74) is 6.27. The van der Waals surface area contributed by atoms with Gasteiger partial charge in [-0.2, -0.15) is 0 Å². The van der Waals surface area contributed by atoms with Gasteiger partial charge in [-0.3, -0.25) is 9.59 Å². The van der Waals surface area contributed by atoms with E-state index in [0.717, 1.165) is 5.56 Å². The standard InChI is InChI=1S/C13H21N5O2/c1-15-5-6-18(9-12(19)16-2)13(20)7-10-3-4-11(14)17-8-10/h3-4,8,15H,5-7,9H2,1-2H3,(H2,14,17)(H,16,19). The molecule has 0 saturated carbocycles. The lowest BCUT2D eigenvalue weighted by Gasteiger charge is -2.21. The topological polar surface area (TPSA) is 100 Å². The summed E-state index contributed by atoms with van der Waals surface area (Å²) >= 11 is 0. The van der Waals surface area contributed by atoms with Crippen LogP contribution in [0.1, 0.15) is 5.56 Å². The van der Waals surface area contributed by atoms with E-state index in [2.05, 4.69) is 15.6 Å². The third-order valence-electron chi connectivity index (χ3n) is 2.80. The lowest BCUT2D eigenvalue weighted by Crippen LogP contribution is -2.43. The average molecular weight is 279 g/mol. The van der Waals surface area contributed by atoms with Crippen molar-refractivity contribution < 1.29 is 9.59 Å². The molecule has 2 amide bonds. The summed E-state index contributed by atoms with van der Waals surface area (Å²) in [6.07, 6.45) is 1.78. The van der Waals surface area contributed by atoms with Crippen LogP contribution in [0.2, 0.25) is 0 Å². The number of aromatic nitrogens is 1. The number of carbonyl (C=O) groups is 2. The molecule has 4 N–H and O–H groups in total. The van der Waals surface area contributed by atoms with Crippen LogP contribution in [0.4, 0.5) is 5.82 Å². The van der Waals surface area contributed by atoms with Crippen molar-refractivity contribution in [2.45, 2.75) is 6.42 Å². The van der Waals surface area contributed by atoms with Crippen molar-refractivity contribution in [1.29, 1.82) is 0 Å². The Labute approximate surface area is 118 Å². The Hall–Kier alpha value is -2.15. The SMILES string of the molecule is CNCCN(CC(=O)NC)C(=O)Cc1ccc(N)nc1. The predicted molar refractivity (Wildman–Crippen MR) is 76.9 cm³/mol. The molecule has 1 heterocycles. The third kappa shape index (κ3) is 5.23. The number of nitrogens with one attached hydrogen (secondary N) is 2. The second-order valence-corrected chi connectivity index (χ2v) is 4.36. The van der Waals surface area contributed by atoms with Crippen LogP contribution in [0, 0.1) is 0 Å². The minimum Gasteiger partial charge on any atom is -0.384 e. The molecule has 7 heteroatoms. The maximum absolute atomic E-state index is 12.2. The van der Waals surface area contributed by atoms with Gasteiger partial charge in [-0.1, -0.05) is 6.07 Å². The highest BCUT2D eigenvalue weighted by atomic mass is 16.2. The molecule has 0 atom stereocenters. The molecule has 0 bridgehead atoms. The van der Waals surface area contributed by atoms with Crippen LogP contribution in [0.3, 0.4) is 0 Å². The molecule has 0 aliphatic carbocycles. The van der Waals surface area contributed by atoms with Gasteiger partial charge in [0, 0.05) is 26.3 Å². The van der Waals surface area contributed by atoms with Gasteiger partial charge in [0.15, 0.2) is 0 Å². The van der Waals surface area contributed by atoms with Gasteiger partial charge in [0.05, 0.1) is 13.0 Å². The van der Waals surface area contributed by atoms with Gasteiger partial charge >= 0.3 is 0 Å². The fraction of sp³-hybridized carbons (Fsp3) is 0.462. The number of nitrogen functional groups attached to an aromatic ring is 1. The molecule has 0 saturated heterocycles. The van der Waals surface area contributed by atoms with Crippen LogP contribution < -0.4 is 16.4 Å². The lowest BCUT2D eigenvalue weighted by molar-refractivity contribution is -0.135. The first kappa shape index (κ1) is 15.9. The molecular formula is C13H21N5O2. The molecule has 1 rings (SSSR count). The molecular weight excluding hydrogens is 258 g/mol. The second kappa shape index (κ2) is 8.11. The number of carbonyl (C=O) groups excluding carboxylic acids is 2. The summed E-state index contributed by atoms with van der Waals surface area (Å²) in [6.45, 7) is 1.16. The molecule has 7 nitrogen and oxygen atoms in total. The van der Waals surface area contributed by atoms with Crippen LogP contribution in [-0.4, -0.2) is 55.4 Å². The number of anilines is 1. The third-order valence-corrected chi connectivity index (χ3v) is 2.80. The van der Waals surface area contributed by atoms with Crippen molar-refractivity contribution >= 4 is 17.6 Å². The molecule has 110 valence electrons. The van der Waals surface area contributed by atoms with Crippen molar-refractivity contribution in [1.82, 2.24) is 20.5 Å². The van der Waals surface area contributed by atoms with E-state index in [1.165, 1.54) is 4.90 Å². The molecule has 20 heavy (non-hydrogen) atoms. The summed E-state index contributed by atoms with van der Waals surface area (Å²) in [6, 6.07) is 3.41. The highest BCUT2D eigenvalue weighted by Gasteiger charge is 2.16.